The fourth-order valence-electron chi connectivity index (χ4n) is 5.04. The SMILES string of the molecule is Cc1ccc(CC2(O)CC3CNC(CC(O)c4ccc(O)cc4)C3C2)cc1. The molecule has 5 unspecified atom stereocenters. The average molecular weight is 367 g/mol. The van der Waals surface area contributed by atoms with Crippen LogP contribution in [-0.4, -0.2) is 33.5 Å². The maximum absolute atomic E-state index is 11.2. The lowest BCUT2D eigenvalue weighted by Crippen LogP contribution is -2.35. The molecule has 4 heteroatoms. The van der Waals surface area contributed by atoms with Crippen molar-refractivity contribution in [1.82, 2.24) is 5.32 Å². The zero-order valence-corrected chi connectivity index (χ0v) is 15.8. The molecule has 0 radical (unpaired) electrons. The summed E-state index contributed by atoms with van der Waals surface area (Å²) in [5.74, 6) is 1.08. The van der Waals surface area contributed by atoms with Crippen molar-refractivity contribution in [2.75, 3.05) is 6.54 Å². The third-order valence-electron chi connectivity index (χ3n) is 6.43. The van der Waals surface area contributed by atoms with E-state index in [1.54, 1.807) is 24.3 Å². The van der Waals surface area contributed by atoms with Gasteiger partial charge in [0, 0.05) is 12.5 Å². The van der Waals surface area contributed by atoms with Gasteiger partial charge in [0.25, 0.3) is 0 Å². The third kappa shape index (κ3) is 4.03. The highest BCUT2D eigenvalue weighted by Gasteiger charge is 2.50. The molecule has 0 bridgehead atoms. The number of aromatic hydroxyl groups is 1. The molecule has 0 spiro atoms. The fraction of sp³-hybridized carbons (Fsp3) is 0.478. The molecule has 27 heavy (non-hydrogen) atoms. The van der Waals surface area contributed by atoms with Gasteiger partial charge in [-0.2, -0.15) is 0 Å². The minimum atomic E-state index is -0.644. The summed E-state index contributed by atoms with van der Waals surface area (Å²) in [4.78, 5) is 0. The molecule has 4 N–H and O–H groups in total. The zero-order chi connectivity index (χ0) is 19.0. The molecule has 2 aromatic carbocycles. The van der Waals surface area contributed by atoms with Crippen LogP contribution in [-0.2, 0) is 6.42 Å². The van der Waals surface area contributed by atoms with Crippen molar-refractivity contribution in [3.63, 3.8) is 0 Å². The summed E-state index contributed by atoms with van der Waals surface area (Å²) in [7, 11) is 0. The second-order valence-electron chi connectivity index (χ2n) is 8.58. The van der Waals surface area contributed by atoms with E-state index in [1.165, 1.54) is 11.1 Å². The van der Waals surface area contributed by atoms with Crippen molar-refractivity contribution < 1.29 is 15.3 Å². The molecule has 144 valence electrons. The van der Waals surface area contributed by atoms with Crippen LogP contribution in [0.4, 0.5) is 0 Å². The minimum absolute atomic E-state index is 0.210. The standard InChI is InChI=1S/C23H29NO3/c1-15-2-4-16(5-3-15)11-23(27)12-18-14-24-21(20(18)13-23)10-22(26)17-6-8-19(25)9-7-17/h2-9,18,20-22,24-27H,10-14H2,1H3. The van der Waals surface area contributed by atoms with Crippen molar-refractivity contribution in [2.24, 2.45) is 11.8 Å². The Balaban J connectivity index is 1.40. The predicted octanol–water partition coefficient (Wildman–Crippen LogP) is 3.10. The lowest BCUT2D eigenvalue weighted by molar-refractivity contribution is 0.0362. The predicted molar refractivity (Wildman–Crippen MR) is 106 cm³/mol. The number of hydrogen-bond acceptors (Lipinski definition) is 4. The molecule has 0 amide bonds. The number of nitrogens with one attached hydrogen (secondary N) is 1. The first-order valence-corrected chi connectivity index (χ1v) is 9.90. The Morgan fingerprint density at radius 2 is 1.78 bits per heavy atom. The van der Waals surface area contributed by atoms with E-state index in [-0.39, 0.29) is 11.8 Å². The van der Waals surface area contributed by atoms with E-state index in [1.807, 2.05) is 0 Å². The Labute approximate surface area is 160 Å². The number of phenolic OH excluding ortho intramolecular Hbond substituents is 1. The summed E-state index contributed by atoms with van der Waals surface area (Å²) in [6, 6.07) is 15.4. The van der Waals surface area contributed by atoms with Gasteiger partial charge in [-0.05, 0) is 67.8 Å². The molecule has 1 saturated carbocycles. The zero-order valence-electron chi connectivity index (χ0n) is 15.8. The van der Waals surface area contributed by atoms with Gasteiger partial charge in [-0.25, -0.2) is 0 Å². The lowest BCUT2D eigenvalue weighted by Gasteiger charge is -2.27. The lowest BCUT2D eigenvalue weighted by atomic mass is 9.87. The van der Waals surface area contributed by atoms with Crippen LogP contribution < -0.4 is 5.32 Å². The summed E-state index contributed by atoms with van der Waals surface area (Å²) in [5, 5.41) is 34.8. The Bertz CT molecular complexity index is 773. The van der Waals surface area contributed by atoms with E-state index in [9.17, 15) is 15.3 Å². The highest BCUT2D eigenvalue weighted by atomic mass is 16.3. The second kappa shape index (κ2) is 7.27. The van der Waals surface area contributed by atoms with Gasteiger partial charge in [-0.1, -0.05) is 42.0 Å². The van der Waals surface area contributed by atoms with E-state index in [2.05, 4.69) is 36.5 Å². The van der Waals surface area contributed by atoms with Crippen molar-refractivity contribution >= 4 is 0 Å². The van der Waals surface area contributed by atoms with Crippen molar-refractivity contribution in [2.45, 2.75) is 50.4 Å². The van der Waals surface area contributed by atoms with Crippen LogP contribution in [0, 0.1) is 18.8 Å². The number of phenols is 1. The monoisotopic (exact) mass is 367 g/mol. The van der Waals surface area contributed by atoms with Crippen LogP contribution in [0.1, 0.15) is 42.1 Å². The summed E-state index contributed by atoms with van der Waals surface area (Å²) in [5.41, 5.74) is 2.61. The molecule has 2 aromatic rings. The first-order chi connectivity index (χ1) is 12.9. The van der Waals surface area contributed by atoms with Crippen molar-refractivity contribution in [3.05, 3.63) is 65.2 Å². The number of aliphatic hydroxyl groups excluding tert-OH is 1. The number of aryl methyl sites for hydroxylation is 1. The van der Waals surface area contributed by atoms with E-state index in [0.717, 1.165) is 24.9 Å². The number of fused-ring (bicyclic) bond motifs is 1. The number of hydrogen-bond donors (Lipinski definition) is 4. The Kier molecular flexibility index (Phi) is 4.97. The van der Waals surface area contributed by atoms with Gasteiger partial charge >= 0.3 is 0 Å². The maximum Gasteiger partial charge on any atom is 0.115 e. The van der Waals surface area contributed by atoms with Crippen molar-refractivity contribution in [3.8, 4) is 5.75 Å². The average Bonchev–Trinajstić information content (AvgIpc) is 3.15. The first kappa shape index (κ1) is 18.5. The molecule has 4 rings (SSSR count). The van der Waals surface area contributed by atoms with Gasteiger partial charge in [0.2, 0.25) is 0 Å². The third-order valence-corrected chi connectivity index (χ3v) is 6.43. The van der Waals surface area contributed by atoms with Gasteiger partial charge in [-0.15, -0.1) is 0 Å². The van der Waals surface area contributed by atoms with Crippen LogP contribution in [0.5, 0.6) is 5.75 Å². The van der Waals surface area contributed by atoms with Crippen LogP contribution in [0.3, 0.4) is 0 Å². The molecule has 0 aromatic heterocycles. The van der Waals surface area contributed by atoms with Crippen LogP contribution in [0.2, 0.25) is 0 Å². The fourth-order valence-corrected chi connectivity index (χ4v) is 5.04. The molecule has 2 aliphatic rings. The highest BCUT2D eigenvalue weighted by molar-refractivity contribution is 5.28. The normalized spacial score (nSPS) is 31.0. The largest absolute Gasteiger partial charge is 0.508 e. The molecular weight excluding hydrogens is 338 g/mol. The van der Waals surface area contributed by atoms with Gasteiger partial charge in [0.05, 0.1) is 11.7 Å². The summed E-state index contributed by atoms with van der Waals surface area (Å²) >= 11 is 0. The summed E-state index contributed by atoms with van der Waals surface area (Å²) < 4.78 is 0. The molecule has 1 heterocycles. The van der Waals surface area contributed by atoms with E-state index in [4.69, 9.17) is 0 Å². The van der Waals surface area contributed by atoms with Gasteiger partial charge in [-0.3, -0.25) is 0 Å². The first-order valence-electron chi connectivity index (χ1n) is 9.90. The van der Waals surface area contributed by atoms with Crippen LogP contribution in [0.15, 0.2) is 48.5 Å². The minimum Gasteiger partial charge on any atom is -0.508 e. The van der Waals surface area contributed by atoms with Crippen LogP contribution >= 0.6 is 0 Å². The van der Waals surface area contributed by atoms with Gasteiger partial charge in [0.15, 0.2) is 0 Å². The van der Waals surface area contributed by atoms with E-state index >= 15 is 0 Å². The van der Waals surface area contributed by atoms with Crippen LogP contribution in [0.25, 0.3) is 0 Å². The second-order valence-corrected chi connectivity index (χ2v) is 8.58. The smallest absolute Gasteiger partial charge is 0.115 e. The number of rotatable bonds is 5. The maximum atomic E-state index is 11.2. The highest BCUT2D eigenvalue weighted by Crippen LogP contribution is 2.47. The molecule has 1 aliphatic heterocycles. The molecular formula is C23H29NO3. The van der Waals surface area contributed by atoms with E-state index in [0.29, 0.717) is 24.7 Å². The molecule has 1 saturated heterocycles. The summed E-state index contributed by atoms with van der Waals surface area (Å²) in [6.45, 7) is 2.99. The van der Waals surface area contributed by atoms with Gasteiger partial charge < -0.3 is 20.6 Å². The quantitative estimate of drug-likeness (QED) is 0.655. The molecule has 1 aliphatic carbocycles. The molecule has 5 atom stereocenters. The number of aliphatic hydroxyl groups is 2. The number of benzene rings is 2. The molecule has 4 nitrogen and oxygen atoms in total. The van der Waals surface area contributed by atoms with Gasteiger partial charge in [0.1, 0.15) is 5.75 Å². The Morgan fingerprint density at radius 3 is 2.48 bits per heavy atom. The van der Waals surface area contributed by atoms with E-state index < -0.39 is 11.7 Å². The molecule has 2 fully saturated rings. The Hall–Kier alpha value is -1.88. The van der Waals surface area contributed by atoms with Crippen molar-refractivity contribution in [1.29, 1.82) is 0 Å². The summed E-state index contributed by atoms with van der Waals surface area (Å²) in [6.07, 6.45) is 2.38. The Morgan fingerprint density at radius 1 is 1.07 bits per heavy atom. The topological polar surface area (TPSA) is 72.7 Å².